The molecule has 0 radical (unpaired) electrons. The summed E-state index contributed by atoms with van der Waals surface area (Å²) in [4.78, 5) is 14.5. The monoisotopic (exact) mass is 392 g/mol. The van der Waals surface area contributed by atoms with E-state index in [-0.39, 0.29) is 12.5 Å². The van der Waals surface area contributed by atoms with Gasteiger partial charge in [0.05, 0.1) is 5.56 Å². The molecule has 1 amide bonds. The summed E-state index contributed by atoms with van der Waals surface area (Å²) in [5.41, 5.74) is 1.51. The molecule has 0 spiro atoms. The van der Waals surface area contributed by atoms with E-state index >= 15 is 0 Å². The van der Waals surface area contributed by atoms with Gasteiger partial charge in [-0.1, -0.05) is 30.3 Å². The first-order chi connectivity index (χ1) is 14.3. The Bertz CT molecular complexity index is 936. The van der Waals surface area contributed by atoms with E-state index in [9.17, 15) is 4.79 Å². The maximum atomic E-state index is 12.1. The lowest BCUT2D eigenvalue weighted by Gasteiger charge is -2.15. The van der Waals surface area contributed by atoms with E-state index < -0.39 is 0 Å². The zero-order chi connectivity index (χ0) is 19.9. The molecule has 1 saturated heterocycles. The first-order valence-electron chi connectivity index (χ1n) is 9.90. The lowest BCUT2D eigenvalue weighted by Crippen LogP contribution is -2.35. The number of nitrogens with zero attached hydrogens (tertiary/aromatic N) is 3. The smallest absolute Gasteiger partial charge is 0.257 e. The van der Waals surface area contributed by atoms with Crippen molar-refractivity contribution in [3.63, 3.8) is 0 Å². The van der Waals surface area contributed by atoms with Crippen molar-refractivity contribution in [2.24, 2.45) is 0 Å². The molecular formula is C22H24N4O3. The number of nitrogens with one attached hydrogen (secondary N) is 1. The Labute approximate surface area is 169 Å². The first-order valence-corrected chi connectivity index (χ1v) is 9.90. The van der Waals surface area contributed by atoms with Crippen LogP contribution in [0, 0.1) is 0 Å². The van der Waals surface area contributed by atoms with Crippen molar-refractivity contribution in [2.75, 3.05) is 32.8 Å². The number of ether oxygens (including phenoxy) is 1. The molecule has 2 aromatic carbocycles. The molecule has 1 aliphatic rings. The number of benzene rings is 2. The molecule has 1 aliphatic heterocycles. The van der Waals surface area contributed by atoms with Crippen molar-refractivity contribution in [2.45, 2.75) is 12.8 Å². The zero-order valence-corrected chi connectivity index (χ0v) is 16.2. The SMILES string of the molecule is O=C(COc1ccccc1-c1nnc(-c2ccccc2)o1)NCCN1CCCC1. The van der Waals surface area contributed by atoms with Gasteiger partial charge in [-0.25, -0.2) is 0 Å². The van der Waals surface area contributed by atoms with Crippen LogP contribution < -0.4 is 10.1 Å². The van der Waals surface area contributed by atoms with Gasteiger partial charge in [0, 0.05) is 18.7 Å². The average molecular weight is 392 g/mol. The summed E-state index contributed by atoms with van der Waals surface area (Å²) in [5, 5.41) is 11.2. The molecule has 150 valence electrons. The third-order valence-corrected chi connectivity index (χ3v) is 4.87. The van der Waals surface area contributed by atoms with Crippen LogP contribution in [0.3, 0.4) is 0 Å². The van der Waals surface area contributed by atoms with Crippen molar-refractivity contribution in [3.05, 3.63) is 54.6 Å². The van der Waals surface area contributed by atoms with Gasteiger partial charge < -0.3 is 19.4 Å². The molecule has 29 heavy (non-hydrogen) atoms. The number of para-hydroxylation sites is 1. The molecule has 2 heterocycles. The summed E-state index contributed by atoms with van der Waals surface area (Å²) in [6, 6.07) is 16.9. The number of hydrogen-bond donors (Lipinski definition) is 1. The predicted molar refractivity (Wildman–Crippen MR) is 109 cm³/mol. The van der Waals surface area contributed by atoms with Gasteiger partial charge in [0.25, 0.3) is 11.8 Å². The van der Waals surface area contributed by atoms with Crippen LogP contribution in [0.1, 0.15) is 12.8 Å². The van der Waals surface area contributed by atoms with E-state index in [1.165, 1.54) is 12.8 Å². The molecule has 3 aromatic rings. The molecule has 7 nitrogen and oxygen atoms in total. The van der Waals surface area contributed by atoms with Crippen molar-refractivity contribution in [1.82, 2.24) is 20.4 Å². The molecule has 0 saturated carbocycles. The van der Waals surface area contributed by atoms with Crippen molar-refractivity contribution in [1.29, 1.82) is 0 Å². The Hall–Kier alpha value is -3.19. The second kappa shape index (κ2) is 9.34. The second-order valence-corrected chi connectivity index (χ2v) is 6.96. The van der Waals surface area contributed by atoms with Gasteiger partial charge in [0.1, 0.15) is 5.75 Å². The molecule has 0 bridgehead atoms. The quantitative estimate of drug-likeness (QED) is 0.635. The minimum Gasteiger partial charge on any atom is -0.483 e. The van der Waals surface area contributed by atoms with Crippen LogP contribution in [0.2, 0.25) is 0 Å². The van der Waals surface area contributed by atoms with Crippen LogP contribution in [-0.2, 0) is 4.79 Å². The molecule has 7 heteroatoms. The predicted octanol–water partition coefficient (Wildman–Crippen LogP) is 2.99. The largest absolute Gasteiger partial charge is 0.483 e. The van der Waals surface area contributed by atoms with Crippen LogP contribution in [0.4, 0.5) is 0 Å². The molecule has 0 atom stereocenters. The number of amides is 1. The Kier molecular flexibility index (Phi) is 6.16. The summed E-state index contributed by atoms with van der Waals surface area (Å²) >= 11 is 0. The highest BCUT2D eigenvalue weighted by Gasteiger charge is 2.16. The Morgan fingerprint density at radius 2 is 1.72 bits per heavy atom. The van der Waals surface area contributed by atoms with E-state index in [4.69, 9.17) is 9.15 Å². The fraction of sp³-hybridized carbons (Fsp3) is 0.318. The number of carbonyl (C=O) groups is 1. The van der Waals surface area contributed by atoms with E-state index in [0.717, 1.165) is 25.2 Å². The Morgan fingerprint density at radius 3 is 2.55 bits per heavy atom. The minimum atomic E-state index is -0.144. The number of aromatic nitrogens is 2. The summed E-state index contributed by atoms with van der Waals surface area (Å²) in [7, 11) is 0. The zero-order valence-electron chi connectivity index (χ0n) is 16.2. The fourth-order valence-corrected chi connectivity index (χ4v) is 3.35. The van der Waals surface area contributed by atoms with Gasteiger partial charge in [-0.2, -0.15) is 0 Å². The van der Waals surface area contributed by atoms with Crippen molar-refractivity contribution < 1.29 is 13.9 Å². The highest BCUT2D eigenvalue weighted by atomic mass is 16.5. The van der Waals surface area contributed by atoms with E-state index in [0.29, 0.717) is 29.6 Å². The lowest BCUT2D eigenvalue weighted by molar-refractivity contribution is -0.123. The van der Waals surface area contributed by atoms with Crippen molar-refractivity contribution >= 4 is 5.91 Å². The molecule has 0 unspecified atom stereocenters. The molecule has 1 aromatic heterocycles. The molecule has 1 fully saturated rings. The van der Waals surface area contributed by atoms with Gasteiger partial charge in [-0.05, 0) is 50.2 Å². The molecular weight excluding hydrogens is 368 g/mol. The number of hydrogen-bond acceptors (Lipinski definition) is 6. The van der Waals surface area contributed by atoms with Gasteiger partial charge >= 0.3 is 0 Å². The summed E-state index contributed by atoms with van der Waals surface area (Å²) < 4.78 is 11.6. The summed E-state index contributed by atoms with van der Waals surface area (Å²) in [6.45, 7) is 3.70. The van der Waals surface area contributed by atoms with Crippen molar-refractivity contribution in [3.8, 4) is 28.7 Å². The first kappa shape index (κ1) is 19.1. The van der Waals surface area contributed by atoms with Crippen LogP contribution in [0.15, 0.2) is 59.0 Å². The van der Waals surface area contributed by atoms with Crippen LogP contribution in [-0.4, -0.2) is 53.8 Å². The topological polar surface area (TPSA) is 80.5 Å². The van der Waals surface area contributed by atoms with E-state index in [2.05, 4.69) is 20.4 Å². The second-order valence-electron chi connectivity index (χ2n) is 6.96. The van der Waals surface area contributed by atoms with Gasteiger partial charge in [0.2, 0.25) is 5.89 Å². The summed E-state index contributed by atoms with van der Waals surface area (Å²) in [6.07, 6.45) is 2.49. The normalized spacial score (nSPS) is 14.1. The maximum absolute atomic E-state index is 12.1. The van der Waals surface area contributed by atoms with Gasteiger partial charge in [-0.15, -0.1) is 10.2 Å². The fourth-order valence-electron chi connectivity index (χ4n) is 3.35. The average Bonchev–Trinajstić information content (AvgIpc) is 3.45. The highest BCUT2D eigenvalue weighted by molar-refractivity contribution is 5.78. The standard InChI is InChI=1S/C22H24N4O3/c27-20(23-12-15-26-13-6-7-14-26)16-28-19-11-5-4-10-18(19)22-25-24-21(29-22)17-8-2-1-3-9-17/h1-5,8-11H,6-7,12-16H2,(H,23,27). The third kappa shape index (κ3) is 5.00. The van der Waals surface area contributed by atoms with Gasteiger partial charge in [-0.3, -0.25) is 4.79 Å². The lowest BCUT2D eigenvalue weighted by atomic mass is 10.2. The number of likely N-dealkylation sites (tertiary alicyclic amines) is 1. The number of carbonyl (C=O) groups excluding carboxylic acids is 1. The summed E-state index contributed by atoms with van der Waals surface area (Å²) in [5.74, 6) is 1.18. The van der Waals surface area contributed by atoms with Crippen LogP contribution in [0.5, 0.6) is 5.75 Å². The number of rotatable bonds is 8. The Balaban J connectivity index is 1.36. The molecule has 4 rings (SSSR count). The molecule has 1 N–H and O–H groups in total. The van der Waals surface area contributed by atoms with Gasteiger partial charge in [0.15, 0.2) is 6.61 Å². The molecule has 0 aliphatic carbocycles. The third-order valence-electron chi connectivity index (χ3n) is 4.87. The van der Waals surface area contributed by atoms with Crippen LogP contribution >= 0.6 is 0 Å². The van der Waals surface area contributed by atoms with E-state index in [1.54, 1.807) is 6.07 Å². The maximum Gasteiger partial charge on any atom is 0.257 e. The van der Waals surface area contributed by atoms with E-state index in [1.807, 2.05) is 48.5 Å². The van der Waals surface area contributed by atoms with Crippen LogP contribution in [0.25, 0.3) is 22.9 Å². The highest BCUT2D eigenvalue weighted by Crippen LogP contribution is 2.30. The Morgan fingerprint density at radius 1 is 1.00 bits per heavy atom. The minimum absolute atomic E-state index is 0.0588.